The minimum Gasteiger partial charge on any atom is -0.372 e. The number of hydrogen-bond acceptors (Lipinski definition) is 3. The van der Waals surface area contributed by atoms with Crippen LogP contribution >= 0.6 is 23.4 Å². The molecule has 0 unspecified atom stereocenters. The van der Waals surface area contributed by atoms with Crippen LogP contribution in [-0.2, 0) is 6.42 Å². The van der Waals surface area contributed by atoms with Gasteiger partial charge in [-0.1, -0.05) is 23.7 Å². The Labute approximate surface area is 107 Å². The van der Waals surface area contributed by atoms with Crippen LogP contribution < -0.4 is 10.6 Å². The normalized spacial score (nSPS) is 10.5. The second kappa shape index (κ2) is 7.05. The number of nitrogens with zero attached hydrogens (tertiary/aromatic N) is 1. The molecule has 2 nitrogen and oxygen atoms in total. The van der Waals surface area contributed by atoms with Gasteiger partial charge in [0.1, 0.15) is 0 Å². The lowest BCUT2D eigenvalue weighted by molar-refractivity contribution is 0.924. The fourth-order valence-corrected chi connectivity index (χ4v) is 2.48. The Morgan fingerprint density at radius 3 is 2.81 bits per heavy atom. The van der Waals surface area contributed by atoms with Crippen molar-refractivity contribution in [2.45, 2.75) is 6.42 Å². The van der Waals surface area contributed by atoms with E-state index >= 15 is 0 Å². The monoisotopic (exact) mass is 258 g/mol. The van der Waals surface area contributed by atoms with E-state index < -0.39 is 0 Å². The highest BCUT2D eigenvalue weighted by atomic mass is 35.5. The van der Waals surface area contributed by atoms with Crippen LogP contribution in [0, 0.1) is 0 Å². The Morgan fingerprint density at radius 2 is 2.19 bits per heavy atom. The third kappa shape index (κ3) is 3.58. The molecule has 0 aliphatic heterocycles. The zero-order valence-corrected chi connectivity index (χ0v) is 11.4. The predicted octanol–water partition coefficient (Wildman–Crippen LogP) is 2.64. The molecule has 0 saturated heterocycles. The predicted molar refractivity (Wildman–Crippen MR) is 75.9 cm³/mol. The van der Waals surface area contributed by atoms with Gasteiger partial charge >= 0.3 is 0 Å². The Morgan fingerprint density at radius 1 is 1.44 bits per heavy atom. The Kier molecular flexibility index (Phi) is 6.03. The molecule has 0 spiro atoms. The number of rotatable bonds is 6. The highest BCUT2D eigenvalue weighted by Gasteiger charge is 2.10. The number of hydrogen-bond donors (Lipinski definition) is 1. The first-order valence-corrected chi connectivity index (χ1v) is 7.15. The van der Waals surface area contributed by atoms with E-state index in [-0.39, 0.29) is 0 Å². The van der Waals surface area contributed by atoms with Gasteiger partial charge in [0.05, 0.1) is 10.7 Å². The van der Waals surface area contributed by atoms with Crippen LogP contribution in [0.4, 0.5) is 5.69 Å². The molecule has 0 heterocycles. The van der Waals surface area contributed by atoms with Crippen LogP contribution in [0.25, 0.3) is 0 Å². The first-order valence-electron chi connectivity index (χ1n) is 5.38. The highest BCUT2D eigenvalue weighted by Crippen LogP contribution is 2.29. The second-order valence-corrected chi connectivity index (χ2v) is 5.09. The Bertz CT molecular complexity index is 331. The Hall–Kier alpha value is -0.380. The average molecular weight is 259 g/mol. The van der Waals surface area contributed by atoms with Gasteiger partial charge in [-0.2, -0.15) is 11.8 Å². The summed E-state index contributed by atoms with van der Waals surface area (Å²) >= 11 is 8.09. The minimum absolute atomic E-state index is 0.656. The zero-order valence-electron chi connectivity index (χ0n) is 9.87. The molecule has 2 N–H and O–H groups in total. The molecule has 0 aliphatic carbocycles. The number of nitrogens with two attached hydrogens (primary N) is 1. The highest BCUT2D eigenvalue weighted by molar-refractivity contribution is 7.98. The quantitative estimate of drug-likeness (QED) is 0.851. The van der Waals surface area contributed by atoms with Crippen LogP contribution in [-0.4, -0.2) is 32.1 Å². The van der Waals surface area contributed by atoms with Gasteiger partial charge < -0.3 is 10.6 Å². The molecule has 1 aromatic carbocycles. The van der Waals surface area contributed by atoms with E-state index in [1.54, 1.807) is 0 Å². The molecule has 90 valence electrons. The number of thioether (sulfide) groups is 1. The van der Waals surface area contributed by atoms with Crippen LogP contribution in [0.1, 0.15) is 5.56 Å². The SMILES string of the molecule is CSCCN(C)c1c(Cl)cccc1CCN. The van der Waals surface area contributed by atoms with Crippen molar-refractivity contribution in [2.24, 2.45) is 5.73 Å². The molecule has 0 fully saturated rings. The molecular weight excluding hydrogens is 240 g/mol. The fourth-order valence-electron chi connectivity index (χ4n) is 1.68. The van der Waals surface area contributed by atoms with Gasteiger partial charge in [-0.3, -0.25) is 0 Å². The van der Waals surface area contributed by atoms with E-state index in [0.717, 1.165) is 29.4 Å². The van der Waals surface area contributed by atoms with Crippen molar-refractivity contribution in [3.05, 3.63) is 28.8 Å². The van der Waals surface area contributed by atoms with Crippen molar-refractivity contribution in [3.63, 3.8) is 0 Å². The summed E-state index contributed by atoms with van der Waals surface area (Å²) in [6, 6.07) is 6.02. The van der Waals surface area contributed by atoms with Crippen LogP contribution in [0.3, 0.4) is 0 Å². The van der Waals surface area contributed by atoms with Crippen molar-refractivity contribution in [1.82, 2.24) is 0 Å². The molecule has 0 saturated carbocycles. The number of benzene rings is 1. The summed E-state index contributed by atoms with van der Waals surface area (Å²) in [7, 11) is 2.08. The first-order chi connectivity index (χ1) is 7.70. The van der Waals surface area contributed by atoms with E-state index in [4.69, 9.17) is 17.3 Å². The van der Waals surface area contributed by atoms with Crippen molar-refractivity contribution in [2.75, 3.05) is 37.0 Å². The largest absolute Gasteiger partial charge is 0.372 e. The third-order valence-corrected chi connectivity index (χ3v) is 3.39. The molecule has 1 rings (SSSR count). The molecule has 0 bridgehead atoms. The van der Waals surface area contributed by atoms with E-state index in [2.05, 4.69) is 24.3 Å². The van der Waals surface area contributed by atoms with Crippen LogP contribution in [0.2, 0.25) is 5.02 Å². The van der Waals surface area contributed by atoms with Crippen LogP contribution in [0.15, 0.2) is 18.2 Å². The summed E-state index contributed by atoms with van der Waals surface area (Å²) in [5, 5.41) is 0.814. The van der Waals surface area contributed by atoms with E-state index in [1.165, 1.54) is 5.56 Å². The average Bonchev–Trinajstić information content (AvgIpc) is 2.26. The molecule has 16 heavy (non-hydrogen) atoms. The summed E-state index contributed by atoms with van der Waals surface area (Å²) in [5.41, 5.74) is 7.98. The van der Waals surface area contributed by atoms with Crippen molar-refractivity contribution >= 4 is 29.1 Å². The van der Waals surface area contributed by atoms with E-state index in [1.807, 2.05) is 23.9 Å². The molecule has 0 amide bonds. The third-order valence-electron chi connectivity index (χ3n) is 2.50. The van der Waals surface area contributed by atoms with Gasteiger partial charge in [-0.25, -0.2) is 0 Å². The van der Waals surface area contributed by atoms with Crippen molar-refractivity contribution in [1.29, 1.82) is 0 Å². The maximum absolute atomic E-state index is 6.25. The minimum atomic E-state index is 0.656. The van der Waals surface area contributed by atoms with Crippen LogP contribution in [0.5, 0.6) is 0 Å². The lowest BCUT2D eigenvalue weighted by Gasteiger charge is -2.23. The lowest BCUT2D eigenvalue weighted by Crippen LogP contribution is -2.22. The Balaban J connectivity index is 2.90. The summed E-state index contributed by atoms with van der Waals surface area (Å²) in [6.45, 7) is 1.66. The zero-order chi connectivity index (χ0) is 12.0. The first kappa shape index (κ1) is 13.7. The van der Waals surface area contributed by atoms with Gasteiger partial charge in [0.25, 0.3) is 0 Å². The number of para-hydroxylation sites is 1. The van der Waals surface area contributed by atoms with Gasteiger partial charge in [0.15, 0.2) is 0 Å². The van der Waals surface area contributed by atoms with Gasteiger partial charge in [0.2, 0.25) is 0 Å². The van der Waals surface area contributed by atoms with Crippen molar-refractivity contribution in [3.8, 4) is 0 Å². The maximum atomic E-state index is 6.25. The lowest BCUT2D eigenvalue weighted by atomic mass is 10.1. The van der Waals surface area contributed by atoms with E-state index in [0.29, 0.717) is 6.54 Å². The van der Waals surface area contributed by atoms with Gasteiger partial charge in [-0.15, -0.1) is 0 Å². The van der Waals surface area contributed by atoms with Gasteiger partial charge in [-0.05, 0) is 30.9 Å². The molecule has 1 aromatic rings. The number of anilines is 1. The summed E-state index contributed by atoms with van der Waals surface area (Å²) < 4.78 is 0. The smallest absolute Gasteiger partial charge is 0.0642 e. The molecule has 0 aromatic heterocycles. The van der Waals surface area contributed by atoms with Gasteiger partial charge in [0, 0.05) is 19.3 Å². The summed E-state index contributed by atoms with van der Waals surface area (Å²) in [4.78, 5) is 2.21. The molecule has 0 radical (unpaired) electrons. The summed E-state index contributed by atoms with van der Waals surface area (Å²) in [6.07, 6.45) is 2.99. The standard InChI is InChI=1S/C12H19ClN2S/c1-15(8-9-16-2)12-10(6-7-14)4-3-5-11(12)13/h3-5H,6-9,14H2,1-2H3. The maximum Gasteiger partial charge on any atom is 0.0642 e. The molecule has 4 heteroatoms. The molecule has 0 aliphatic rings. The fraction of sp³-hybridized carbons (Fsp3) is 0.500. The van der Waals surface area contributed by atoms with E-state index in [9.17, 15) is 0 Å². The topological polar surface area (TPSA) is 29.3 Å². The molecular formula is C12H19ClN2S. The molecule has 0 atom stereocenters. The van der Waals surface area contributed by atoms with Crippen molar-refractivity contribution < 1.29 is 0 Å². The number of halogens is 1. The summed E-state index contributed by atoms with van der Waals surface area (Å²) in [5.74, 6) is 1.10. The second-order valence-electron chi connectivity index (χ2n) is 3.70.